The first kappa shape index (κ1) is 17.6. The van der Waals surface area contributed by atoms with Crippen LogP contribution >= 0.6 is 11.8 Å². The van der Waals surface area contributed by atoms with Gasteiger partial charge in [-0.1, -0.05) is 25.6 Å². The molecule has 0 saturated carbocycles. The number of nitrogens with zero attached hydrogens (tertiary/aromatic N) is 2. The Morgan fingerprint density at radius 3 is 2.52 bits per heavy atom. The summed E-state index contributed by atoms with van der Waals surface area (Å²) in [6.45, 7) is 9.42. The molecule has 0 saturated heterocycles. The zero-order valence-corrected chi connectivity index (χ0v) is 14.2. The molecule has 1 amide bonds. The molecule has 0 aliphatic rings. The van der Waals surface area contributed by atoms with Crippen LogP contribution in [0, 0.1) is 5.92 Å². The first-order valence-corrected chi connectivity index (χ1v) is 8.39. The van der Waals surface area contributed by atoms with Crippen molar-refractivity contribution in [1.82, 2.24) is 15.3 Å². The fraction of sp³-hybridized carbons (Fsp3) is 0.643. The van der Waals surface area contributed by atoms with E-state index >= 15 is 0 Å². The molecule has 1 atom stereocenters. The minimum atomic E-state index is -0.345. The first-order valence-electron chi connectivity index (χ1n) is 7.17. The molecule has 1 rings (SSSR count). The predicted octanol–water partition coefficient (Wildman–Crippen LogP) is 2.20. The second-order valence-corrected chi connectivity index (χ2v) is 5.93. The van der Waals surface area contributed by atoms with E-state index in [-0.39, 0.29) is 11.9 Å². The topological polar surface area (TPSA) is 78.9 Å². The summed E-state index contributed by atoms with van der Waals surface area (Å²) in [7, 11) is 0. The summed E-state index contributed by atoms with van der Waals surface area (Å²) in [6.07, 6.45) is 1.92. The van der Waals surface area contributed by atoms with Crippen LogP contribution in [0.15, 0.2) is 11.2 Å². The van der Waals surface area contributed by atoms with E-state index in [1.807, 2.05) is 26.2 Å². The molecule has 118 valence electrons. The molecule has 0 aromatic carbocycles. The van der Waals surface area contributed by atoms with Gasteiger partial charge in [-0.3, -0.25) is 4.79 Å². The van der Waals surface area contributed by atoms with Crippen molar-refractivity contribution in [3.8, 4) is 0 Å². The Balaban J connectivity index is 2.72. The van der Waals surface area contributed by atoms with Crippen molar-refractivity contribution >= 4 is 29.3 Å². The largest absolute Gasteiger partial charge is 0.370 e. The molecular weight excluding hydrogens is 286 g/mol. The van der Waals surface area contributed by atoms with Gasteiger partial charge in [0, 0.05) is 19.2 Å². The maximum Gasteiger partial charge on any atom is 0.242 e. The highest BCUT2D eigenvalue weighted by Gasteiger charge is 2.14. The number of anilines is 2. The molecular formula is C14H25N5OS. The summed E-state index contributed by atoms with van der Waals surface area (Å²) in [5, 5.41) is 9.86. The second kappa shape index (κ2) is 8.71. The fourth-order valence-corrected chi connectivity index (χ4v) is 1.99. The van der Waals surface area contributed by atoms with Gasteiger partial charge in [0.1, 0.15) is 17.7 Å². The van der Waals surface area contributed by atoms with Gasteiger partial charge in [-0.25, -0.2) is 9.97 Å². The lowest BCUT2D eigenvalue weighted by molar-refractivity contribution is -0.121. The van der Waals surface area contributed by atoms with Gasteiger partial charge in [-0.15, -0.1) is 0 Å². The van der Waals surface area contributed by atoms with Crippen LogP contribution in [0.5, 0.6) is 0 Å². The molecule has 0 spiro atoms. The second-order valence-electron chi connectivity index (χ2n) is 5.16. The number of carbonyl (C=O) groups is 1. The van der Waals surface area contributed by atoms with Gasteiger partial charge in [-0.05, 0) is 26.0 Å². The molecule has 1 unspecified atom stereocenters. The van der Waals surface area contributed by atoms with Crippen molar-refractivity contribution in [2.75, 3.05) is 30.0 Å². The van der Waals surface area contributed by atoms with E-state index in [2.05, 4.69) is 39.8 Å². The number of amides is 1. The number of carbonyl (C=O) groups excluding carboxylic acids is 1. The minimum absolute atomic E-state index is 0.0296. The maximum atomic E-state index is 12.0. The van der Waals surface area contributed by atoms with Crippen molar-refractivity contribution in [3.05, 3.63) is 6.07 Å². The van der Waals surface area contributed by atoms with Crippen molar-refractivity contribution in [2.45, 2.75) is 38.9 Å². The highest BCUT2D eigenvalue weighted by atomic mass is 32.2. The summed E-state index contributed by atoms with van der Waals surface area (Å²) in [4.78, 5) is 20.7. The molecule has 7 heteroatoms. The lowest BCUT2D eigenvalue weighted by atomic mass is 10.2. The van der Waals surface area contributed by atoms with Gasteiger partial charge in [0.2, 0.25) is 5.91 Å². The van der Waals surface area contributed by atoms with Gasteiger partial charge in [0.05, 0.1) is 0 Å². The van der Waals surface area contributed by atoms with E-state index < -0.39 is 0 Å². The Morgan fingerprint density at radius 1 is 1.29 bits per heavy atom. The number of rotatable bonds is 8. The molecule has 3 N–H and O–H groups in total. The van der Waals surface area contributed by atoms with E-state index in [1.165, 1.54) is 11.8 Å². The average Bonchev–Trinajstić information content (AvgIpc) is 2.44. The molecule has 1 aromatic rings. The van der Waals surface area contributed by atoms with E-state index in [1.54, 1.807) is 0 Å². The quantitative estimate of drug-likeness (QED) is 0.504. The van der Waals surface area contributed by atoms with Gasteiger partial charge in [0.25, 0.3) is 0 Å². The Kier molecular flexibility index (Phi) is 7.28. The Bertz CT molecular complexity index is 467. The van der Waals surface area contributed by atoms with Crippen LogP contribution in [0.4, 0.5) is 11.6 Å². The molecule has 6 nitrogen and oxygen atoms in total. The lowest BCUT2D eigenvalue weighted by Gasteiger charge is -2.16. The van der Waals surface area contributed by atoms with Crippen molar-refractivity contribution in [3.63, 3.8) is 0 Å². The Hall–Kier alpha value is -1.50. The highest BCUT2D eigenvalue weighted by Crippen LogP contribution is 2.17. The molecule has 0 radical (unpaired) electrons. The van der Waals surface area contributed by atoms with Crippen LogP contribution in [-0.4, -0.2) is 41.3 Å². The van der Waals surface area contributed by atoms with Gasteiger partial charge in [0.15, 0.2) is 5.16 Å². The first-order chi connectivity index (χ1) is 9.96. The molecule has 0 aliphatic heterocycles. The smallest absolute Gasteiger partial charge is 0.242 e. The zero-order chi connectivity index (χ0) is 15.8. The predicted molar refractivity (Wildman–Crippen MR) is 88.9 cm³/mol. The monoisotopic (exact) mass is 311 g/mol. The van der Waals surface area contributed by atoms with Gasteiger partial charge in [-0.2, -0.15) is 0 Å². The molecule has 0 fully saturated rings. The maximum absolute atomic E-state index is 12.0. The van der Waals surface area contributed by atoms with Crippen LogP contribution in [0.1, 0.15) is 27.7 Å². The van der Waals surface area contributed by atoms with E-state index in [0.29, 0.717) is 23.4 Å². The SMILES string of the molecule is CCNc1cc(NC(C)C(=O)NCC(C)C)nc(SC)n1. The van der Waals surface area contributed by atoms with Crippen LogP contribution in [0.2, 0.25) is 0 Å². The van der Waals surface area contributed by atoms with E-state index in [4.69, 9.17) is 0 Å². The summed E-state index contributed by atoms with van der Waals surface area (Å²) < 4.78 is 0. The Morgan fingerprint density at radius 2 is 1.95 bits per heavy atom. The minimum Gasteiger partial charge on any atom is -0.370 e. The summed E-state index contributed by atoms with van der Waals surface area (Å²) in [5.74, 6) is 1.81. The van der Waals surface area contributed by atoms with Gasteiger partial charge < -0.3 is 16.0 Å². The lowest BCUT2D eigenvalue weighted by Crippen LogP contribution is -2.39. The van der Waals surface area contributed by atoms with Crippen LogP contribution in [0.3, 0.4) is 0 Å². The zero-order valence-electron chi connectivity index (χ0n) is 13.4. The number of nitrogens with one attached hydrogen (secondary N) is 3. The molecule has 0 aliphatic carbocycles. The molecule has 0 bridgehead atoms. The standard InChI is InChI=1S/C14H25N5OS/c1-6-15-11-7-12(19-14(18-11)21-5)17-10(4)13(20)16-8-9(2)3/h7,9-10H,6,8H2,1-5H3,(H,16,20)(H2,15,17,18,19). The summed E-state index contributed by atoms with van der Waals surface area (Å²) in [6, 6.07) is 1.47. The third kappa shape index (κ3) is 6.20. The van der Waals surface area contributed by atoms with E-state index in [9.17, 15) is 4.79 Å². The number of aromatic nitrogens is 2. The van der Waals surface area contributed by atoms with Crippen LogP contribution in [-0.2, 0) is 4.79 Å². The fourth-order valence-electron chi connectivity index (χ4n) is 1.61. The highest BCUT2D eigenvalue weighted by molar-refractivity contribution is 7.98. The van der Waals surface area contributed by atoms with Crippen molar-refractivity contribution in [2.24, 2.45) is 5.92 Å². The molecule has 21 heavy (non-hydrogen) atoms. The average molecular weight is 311 g/mol. The number of thioether (sulfide) groups is 1. The Labute approximate surface area is 130 Å². The third-order valence-corrected chi connectivity index (χ3v) is 3.24. The van der Waals surface area contributed by atoms with Crippen LogP contribution < -0.4 is 16.0 Å². The number of hydrogen-bond acceptors (Lipinski definition) is 6. The normalized spacial score (nSPS) is 12.1. The van der Waals surface area contributed by atoms with Crippen molar-refractivity contribution in [1.29, 1.82) is 0 Å². The van der Waals surface area contributed by atoms with E-state index in [0.717, 1.165) is 12.4 Å². The summed E-state index contributed by atoms with van der Waals surface area (Å²) in [5.41, 5.74) is 0. The third-order valence-electron chi connectivity index (χ3n) is 2.69. The van der Waals surface area contributed by atoms with Crippen LogP contribution in [0.25, 0.3) is 0 Å². The molecule has 1 heterocycles. The summed E-state index contributed by atoms with van der Waals surface area (Å²) >= 11 is 1.47. The molecule has 1 aromatic heterocycles. The van der Waals surface area contributed by atoms with Gasteiger partial charge >= 0.3 is 0 Å². The van der Waals surface area contributed by atoms with Crippen molar-refractivity contribution < 1.29 is 4.79 Å². The number of hydrogen-bond donors (Lipinski definition) is 3.